The first-order chi connectivity index (χ1) is 9.84. The van der Waals surface area contributed by atoms with E-state index < -0.39 is 17.5 Å². The summed E-state index contributed by atoms with van der Waals surface area (Å²) in [4.78, 5) is 15.9. The SMILES string of the molecule is CCOC(=O)c1cc(F)cnc1C1=C(C)CC(C)(F)C=C1. The van der Waals surface area contributed by atoms with Gasteiger partial charge < -0.3 is 4.74 Å². The van der Waals surface area contributed by atoms with E-state index in [0.717, 1.165) is 17.8 Å². The van der Waals surface area contributed by atoms with Gasteiger partial charge in [-0.2, -0.15) is 0 Å². The number of hydrogen-bond acceptors (Lipinski definition) is 3. The maximum absolute atomic E-state index is 14.0. The summed E-state index contributed by atoms with van der Waals surface area (Å²) < 4.78 is 32.3. The molecule has 0 saturated heterocycles. The number of carbonyl (C=O) groups excluding carboxylic acids is 1. The molecule has 0 fully saturated rings. The molecular weight excluding hydrogens is 276 g/mol. The van der Waals surface area contributed by atoms with Gasteiger partial charge in [-0.05, 0) is 38.5 Å². The zero-order valence-electron chi connectivity index (χ0n) is 12.2. The Labute approximate surface area is 122 Å². The Morgan fingerprint density at radius 3 is 2.86 bits per heavy atom. The lowest BCUT2D eigenvalue weighted by Gasteiger charge is -2.23. The normalized spacial score (nSPS) is 21.6. The predicted octanol–water partition coefficient (Wildman–Crippen LogP) is 3.86. The highest BCUT2D eigenvalue weighted by Gasteiger charge is 2.27. The molecule has 1 aromatic heterocycles. The number of ether oxygens (including phenoxy) is 1. The summed E-state index contributed by atoms with van der Waals surface area (Å²) in [7, 11) is 0. The number of hydrogen-bond donors (Lipinski definition) is 0. The van der Waals surface area contributed by atoms with Crippen LogP contribution in [0.5, 0.6) is 0 Å². The van der Waals surface area contributed by atoms with Crippen LogP contribution < -0.4 is 0 Å². The van der Waals surface area contributed by atoms with Crippen LogP contribution in [0, 0.1) is 5.82 Å². The molecule has 0 radical (unpaired) electrons. The molecule has 1 atom stereocenters. The third-order valence-corrected chi connectivity index (χ3v) is 3.27. The summed E-state index contributed by atoms with van der Waals surface area (Å²) in [6.45, 7) is 5.11. The fraction of sp³-hybridized carbons (Fsp3) is 0.375. The van der Waals surface area contributed by atoms with Crippen LogP contribution in [-0.4, -0.2) is 23.2 Å². The molecule has 0 bridgehead atoms. The third-order valence-electron chi connectivity index (χ3n) is 3.27. The molecule has 0 amide bonds. The van der Waals surface area contributed by atoms with Crippen LogP contribution >= 0.6 is 0 Å². The number of allylic oxidation sites excluding steroid dienone is 4. The molecule has 1 heterocycles. The standard InChI is InChI=1S/C16H17F2NO2/c1-4-21-15(20)13-7-11(17)9-19-14(13)12-5-6-16(3,18)8-10(12)2/h5-7,9H,4,8H2,1-3H3. The van der Waals surface area contributed by atoms with Gasteiger partial charge in [-0.3, -0.25) is 4.98 Å². The van der Waals surface area contributed by atoms with Crippen LogP contribution in [0.4, 0.5) is 8.78 Å². The van der Waals surface area contributed by atoms with Crippen LogP contribution in [-0.2, 0) is 4.74 Å². The quantitative estimate of drug-likeness (QED) is 0.794. The first-order valence-electron chi connectivity index (χ1n) is 6.75. The molecule has 3 nitrogen and oxygen atoms in total. The van der Waals surface area contributed by atoms with Crippen molar-refractivity contribution in [3.63, 3.8) is 0 Å². The van der Waals surface area contributed by atoms with Crippen molar-refractivity contribution in [1.82, 2.24) is 4.98 Å². The van der Waals surface area contributed by atoms with Crippen LogP contribution in [0.1, 0.15) is 43.2 Å². The lowest BCUT2D eigenvalue weighted by molar-refractivity contribution is 0.0525. The van der Waals surface area contributed by atoms with Crippen molar-refractivity contribution < 1.29 is 18.3 Å². The average Bonchev–Trinajstić information content (AvgIpc) is 2.39. The number of alkyl halides is 1. The van der Waals surface area contributed by atoms with Gasteiger partial charge in [-0.15, -0.1) is 0 Å². The number of halogens is 2. The van der Waals surface area contributed by atoms with Crippen molar-refractivity contribution in [3.8, 4) is 0 Å². The topological polar surface area (TPSA) is 39.2 Å². The van der Waals surface area contributed by atoms with Crippen molar-refractivity contribution >= 4 is 11.5 Å². The van der Waals surface area contributed by atoms with Crippen molar-refractivity contribution in [2.45, 2.75) is 32.9 Å². The second kappa shape index (κ2) is 5.76. The highest BCUT2D eigenvalue weighted by molar-refractivity contribution is 5.96. The second-order valence-corrected chi connectivity index (χ2v) is 5.25. The first-order valence-corrected chi connectivity index (χ1v) is 6.75. The monoisotopic (exact) mass is 293 g/mol. The molecule has 2 rings (SSSR count). The smallest absolute Gasteiger partial charge is 0.340 e. The van der Waals surface area contributed by atoms with E-state index in [0.29, 0.717) is 11.3 Å². The Morgan fingerprint density at radius 2 is 2.24 bits per heavy atom. The number of esters is 1. The van der Waals surface area contributed by atoms with Crippen LogP contribution in [0.25, 0.3) is 5.57 Å². The van der Waals surface area contributed by atoms with E-state index in [1.807, 2.05) is 0 Å². The lowest BCUT2D eigenvalue weighted by Crippen LogP contribution is -2.19. The number of pyridine rings is 1. The molecule has 0 saturated carbocycles. The fourth-order valence-corrected chi connectivity index (χ4v) is 2.37. The van der Waals surface area contributed by atoms with Crippen molar-refractivity contribution in [3.05, 3.63) is 47.1 Å². The van der Waals surface area contributed by atoms with Crippen LogP contribution in [0.15, 0.2) is 30.0 Å². The summed E-state index contributed by atoms with van der Waals surface area (Å²) in [6, 6.07) is 1.09. The van der Waals surface area contributed by atoms with Gasteiger partial charge in [0.15, 0.2) is 0 Å². The second-order valence-electron chi connectivity index (χ2n) is 5.25. The Balaban J connectivity index is 2.50. The average molecular weight is 293 g/mol. The van der Waals surface area contributed by atoms with Crippen molar-refractivity contribution in [2.24, 2.45) is 0 Å². The highest BCUT2D eigenvalue weighted by atomic mass is 19.1. The van der Waals surface area contributed by atoms with Gasteiger partial charge in [-0.25, -0.2) is 13.6 Å². The number of rotatable bonds is 3. The summed E-state index contributed by atoms with van der Waals surface area (Å²) in [5, 5.41) is 0. The van der Waals surface area contributed by atoms with Crippen LogP contribution in [0.3, 0.4) is 0 Å². The molecule has 1 aliphatic rings. The van der Waals surface area contributed by atoms with E-state index in [9.17, 15) is 13.6 Å². The van der Waals surface area contributed by atoms with Gasteiger partial charge in [0.2, 0.25) is 0 Å². The summed E-state index contributed by atoms with van der Waals surface area (Å²) >= 11 is 0. The zero-order valence-corrected chi connectivity index (χ0v) is 12.2. The Kier molecular flexibility index (Phi) is 4.21. The van der Waals surface area contributed by atoms with Gasteiger partial charge in [0, 0.05) is 6.42 Å². The zero-order chi connectivity index (χ0) is 15.6. The van der Waals surface area contributed by atoms with E-state index in [1.165, 1.54) is 13.0 Å². The molecule has 5 heteroatoms. The minimum Gasteiger partial charge on any atom is -0.462 e. The number of carbonyl (C=O) groups is 1. The van der Waals surface area contributed by atoms with Crippen LogP contribution in [0.2, 0.25) is 0 Å². The highest BCUT2D eigenvalue weighted by Crippen LogP contribution is 2.34. The minimum atomic E-state index is -1.42. The molecule has 1 aromatic rings. The maximum Gasteiger partial charge on any atom is 0.340 e. The van der Waals surface area contributed by atoms with E-state index in [4.69, 9.17) is 4.74 Å². The summed E-state index contributed by atoms with van der Waals surface area (Å²) in [5.41, 5.74) is 0.343. The summed E-state index contributed by atoms with van der Waals surface area (Å²) in [5.74, 6) is -1.25. The molecule has 112 valence electrons. The first kappa shape index (κ1) is 15.4. The number of aromatic nitrogens is 1. The van der Waals surface area contributed by atoms with E-state index >= 15 is 0 Å². The summed E-state index contributed by atoms with van der Waals surface area (Å²) in [6.07, 6.45) is 4.26. The molecule has 0 N–H and O–H groups in total. The molecule has 0 spiro atoms. The van der Waals surface area contributed by atoms with E-state index in [2.05, 4.69) is 4.98 Å². The molecule has 0 aliphatic heterocycles. The van der Waals surface area contributed by atoms with Gasteiger partial charge in [0.25, 0.3) is 0 Å². The molecular formula is C16H17F2NO2. The minimum absolute atomic E-state index is 0.0540. The predicted molar refractivity (Wildman–Crippen MR) is 76.0 cm³/mol. The van der Waals surface area contributed by atoms with Crippen molar-refractivity contribution in [2.75, 3.05) is 6.61 Å². The third kappa shape index (κ3) is 3.35. The Bertz CT molecular complexity index is 633. The van der Waals surface area contributed by atoms with E-state index in [-0.39, 0.29) is 18.6 Å². The lowest BCUT2D eigenvalue weighted by atomic mass is 9.87. The molecule has 21 heavy (non-hydrogen) atoms. The maximum atomic E-state index is 14.0. The molecule has 1 aliphatic carbocycles. The van der Waals surface area contributed by atoms with Gasteiger partial charge in [-0.1, -0.05) is 11.6 Å². The molecule has 0 aromatic carbocycles. The van der Waals surface area contributed by atoms with E-state index in [1.54, 1.807) is 19.9 Å². The largest absolute Gasteiger partial charge is 0.462 e. The van der Waals surface area contributed by atoms with Gasteiger partial charge in [0.1, 0.15) is 11.5 Å². The van der Waals surface area contributed by atoms with Crippen molar-refractivity contribution in [1.29, 1.82) is 0 Å². The fourth-order valence-electron chi connectivity index (χ4n) is 2.37. The van der Waals surface area contributed by atoms with Gasteiger partial charge >= 0.3 is 5.97 Å². The Morgan fingerprint density at radius 1 is 1.52 bits per heavy atom. The van der Waals surface area contributed by atoms with Gasteiger partial charge in [0.05, 0.1) is 24.1 Å². The molecule has 1 unspecified atom stereocenters. The number of nitrogens with zero attached hydrogens (tertiary/aromatic N) is 1. The Hall–Kier alpha value is -2.04.